The van der Waals surface area contributed by atoms with Crippen molar-refractivity contribution in [2.24, 2.45) is 0 Å². The van der Waals surface area contributed by atoms with Gasteiger partial charge in [0, 0.05) is 33.8 Å². The molecule has 37 heavy (non-hydrogen) atoms. The molecule has 4 aromatic rings. The summed E-state index contributed by atoms with van der Waals surface area (Å²) in [5, 5.41) is 1.44. The minimum atomic E-state index is -3.96. The van der Waals surface area contributed by atoms with Crippen molar-refractivity contribution in [3.05, 3.63) is 100.0 Å². The molecule has 0 bridgehead atoms. The van der Waals surface area contributed by atoms with E-state index in [0.717, 1.165) is 11.1 Å². The van der Waals surface area contributed by atoms with E-state index in [2.05, 4.69) is 4.72 Å². The van der Waals surface area contributed by atoms with Crippen molar-refractivity contribution in [3.8, 4) is 28.0 Å². The first-order chi connectivity index (χ1) is 17.7. The summed E-state index contributed by atoms with van der Waals surface area (Å²) >= 11 is 19.3. The maximum atomic E-state index is 13.4. The van der Waals surface area contributed by atoms with Gasteiger partial charge in [-0.15, -0.1) is 0 Å². The van der Waals surface area contributed by atoms with Crippen molar-refractivity contribution in [2.75, 3.05) is 32.0 Å². The van der Waals surface area contributed by atoms with Crippen molar-refractivity contribution in [1.82, 2.24) is 4.90 Å². The van der Waals surface area contributed by atoms with Gasteiger partial charge in [-0.25, -0.2) is 8.42 Å². The zero-order chi connectivity index (χ0) is 26.6. The van der Waals surface area contributed by atoms with Crippen LogP contribution in [0.4, 0.5) is 5.69 Å². The summed E-state index contributed by atoms with van der Waals surface area (Å²) in [6.07, 6.45) is 0. The average Bonchev–Trinajstić information content (AvgIpc) is 2.86. The Morgan fingerprint density at radius 1 is 0.730 bits per heavy atom. The fraction of sp³-hybridized carbons (Fsp3) is 0.143. The maximum absolute atomic E-state index is 13.4. The molecule has 0 aromatic heterocycles. The first-order valence-corrected chi connectivity index (χ1v) is 14.0. The molecular weight excluding hydrogens is 551 g/mol. The molecule has 0 amide bonds. The number of likely N-dealkylation sites (N-methyl/N-ethyl adjacent to an activating group) is 1. The smallest absolute Gasteiger partial charge is 0.261 e. The first kappa shape index (κ1) is 27.3. The Hall–Kier alpha value is -2.74. The predicted molar refractivity (Wildman–Crippen MR) is 154 cm³/mol. The third-order valence-corrected chi connectivity index (χ3v) is 7.96. The molecule has 0 aliphatic heterocycles. The van der Waals surface area contributed by atoms with E-state index in [1.807, 2.05) is 55.4 Å². The van der Waals surface area contributed by atoms with E-state index < -0.39 is 10.0 Å². The van der Waals surface area contributed by atoms with Gasteiger partial charge in [-0.2, -0.15) is 0 Å². The summed E-state index contributed by atoms with van der Waals surface area (Å²) in [6, 6.07) is 24.3. The third kappa shape index (κ3) is 6.58. The summed E-state index contributed by atoms with van der Waals surface area (Å²) in [5.74, 6) is 0.398. The van der Waals surface area contributed by atoms with Gasteiger partial charge in [-0.05, 0) is 61.6 Å². The number of benzene rings is 4. The lowest BCUT2D eigenvalue weighted by atomic mass is 9.94. The minimum Gasteiger partial charge on any atom is -0.491 e. The van der Waals surface area contributed by atoms with Crippen LogP contribution in [0.1, 0.15) is 0 Å². The molecule has 9 heteroatoms. The van der Waals surface area contributed by atoms with E-state index >= 15 is 0 Å². The third-order valence-electron chi connectivity index (χ3n) is 5.61. The second-order valence-electron chi connectivity index (χ2n) is 8.57. The number of hydrogen-bond acceptors (Lipinski definition) is 4. The second-order valence-corrected chi connectivity index (χ2v) is 11.5. The molecule has 4 rings (SSSR count). The van der Waals surface area contributed by atoms with Crippen LogP contribution in [-0.4, -0.2) is 40.6 Å². The molecular formula is C28H25Cl3N2O3S. The van der Waals surface area contributed by atoms with Gasteiger partial charge in [0.15, 0.2) is 0 Å². The molecule has 5 nitrogen and oxygen atoms in total. The van der Waals surface area contributed by atoms with E-state index in [4.69, 9.17) is 39.5 Å². The molecule has 0 aliphatic carbocycles. The second kappa shape index (κ2) is 11.8. The van der Waals surface area contributed by atoms with Crippen LogP contribution in [0.15, 0.2) is 89.8 Å². The Labute approximate surface area is 232 Å². The summed E-state index contributed by atoms with van der Waals surface area (Å²) < 4.78 is 35.2. The lowest BCUT2D eigenvalue weighted by Crippen LogP contribution is -2.19. The van der Waals surface area contributed by atoms with Crippen LogP contribution in [0.25, 0.3) is 22.3 Å². The van der Waals surface area contributed by atoms with Gasteiger partial charge in [-0.1, -0.05) is 77.3 Å². The number of sulfonamides is 1. The summed E-state index contributed by atoms with van der Waals surface area (Å²) in [7, 11) is -0.0943. The van der Waals surface area contributed by atoms with Crippen molar-refractivity contribution in [1.29, 1.82) is 0 Å². The van der Waals surface area contributed by atoms with Gasteiger partial charge in [0.1, 0.15) is 12.4 Å². The molecule has 0 fully saturated rings. The first-order valence-electron chi connectivity index (χ1n) is 11.4. The number of anilines is 1. The van der Waals surface area contributed by atoms with E-state index in [-0.39, 0.29) is 4.90 Å². The SMILES string of the molecule is CN(C)CCOc1cc(NS(=O)(=O)c2ccc(-c3ccccc3Cl)c(-c3ccccc3Cl)c2)ccc1Cl. The molecule has 1 N–H and O–H groups in total. The quantitative estimate of drug-likeness (QED) is 0.222. The van der Waals surface area contributed by atoms with Gasteiger partial charge >= 0.3 is 0 Å². The minimum absolute atomic E-state index is 0.0725. The van der Waals surface area contributed by atoms with Crippen LogP contribution in [0.5, 0.6) is 5.75 Å². The number of halogens is 3. The van der Waals surface area contributed by atoms with Gasteiger partial charge in [0.2, 0.25) is 0 Å². The van der Waals surface area contributed by atoms with Gasteiger partial charge in [0.05, 0.1) is 15.6 Å². The Kier molecular flexibility index (Phi) is 8.67. The fourth-order valence-corrected chi connectivity index (χ4v) is 5.46. The highest BCUT2D eigenvalue weighted by Crippen LogP contribution is 2.40. The number of rotatable bonds is 9. The number of nitrogens with one attached hydrogen (secondary N) is 1. The summed E-state index contributed by atoms with van der Waals surface area (Å²) in [4.78, 5) is 2.05. The van der Waals surface area contributed by atoms with E-state index in [9.17, 15) is 8.42 Å². The highest BCUT2D eigenvalue weighted by Gasteiger charge is 2.20. The Morgan fingerprint density at radius 3 is 1.97 bits per heavy atom. The normalized spacial score (nSPS) is 11.5. The zero-order valence-electron chi connectivity index (χ0n) is 20.2. The predicted octanol–water partition coefficient (Wildman–Crippen LogP) is 7.72. The topological polar surface area (TPSA) is 58.6 Å². The van der Waals surface area contributed by atoms with Crippen molar-refractivity contribution in [2.45, 2.75) is 4.90 Å². The Bertz CT molecular complexity index is 1530. The standard InChI is InChI=1S/C28H25Cl3N2O3S/c1-33(2)15-16-36-28-17-19(11-14-27(28)31)32-37(34,35)20-12-13-21(22-7-3-5-9-25(22)29)24(18-20)23-8-4-6-10-26(23)30/h3-14,17-18,32H,15-16H2,1-2H3. The Balaban J connectivity index is 1.73. The van der Waals surface area contributed by atoms with Crippen LogP contribution >= 0.6 is 34.8 Å². The largest absolute Gasteiger partial charge is 0.491 e. The molecule has 192 valence electrons. The van der Waals surface area contributed by atoms with E-state index in [1.165, 1.54) is 0 Å². The highest BCUT2D eigenvalue weighted by atomic mass is 35.5. The van der Waals surface area contributed by atoms with Crippen molar-refractivity contribution < 1.29 is 13.2 Å². The highest BCUT2D eigenvalue weighted by molar-refractivity contribution is 7.92. The van der Waals surface area contributed by atoms with Crippen molar-refractivity contribution >= 4 is 50.5 Å². The Morgan fingerprint density at radius 2 is 1.35 bits per heavy atom. The van der Waals surface area contributed by atoms with E-state index in [1.54, 1.807) is 48.5 Å². The van der Waals surface area contributed by atoms with Crippen molar-refractivity contribution in [3.63, 3.8) is 0 Å². The van der Waals surface area contributed by atoms with E-state index in [0.29, 0.717) is 50.8 Å². The number of ether oxygens (including phenoxy) is 1. The molecule has 0 radical (unpaired) electrons. The maximum Gasteiger partial charge on any atom is 0.261 e. The monoisotopic (exact) mass is 574 g/mol. The molecule has 0 spiro atoms. The summed E-state index contributed by atoms with van der Waals surface area (Å²) in [6.45, 7) is 1.10. The van der Waals surface area contributed by atoms with Crippen LogP contribution in [-0.2, 0) is 10.0 Å². The molecule has 0 heterocycles. The van der Waals surface area contributed by atoms with Crippen LogP contribution in [0.3, 0.4) is 0 Å². The van der Waals surface area contributed by atoms with Gasteiger partial charge in [0.25, 0.3) is 10.0 Å². The van der Waals surface area contributed by atoms with Gasteiger partial charge in [-0.3, -0.25) is 4.72 Å². The lowest BCUT2D eigenvalue weighted by molar-refractivity contribution is 0.261. The average molecular weight is 576 g/mol. The number of nitrogens with zero attached hydrogens (tertiary/aromatic N) is 1. The van der Waals surface area contributed by atoms with Crippen LogP contribution in [0.2, 0.25) is 15.1 Å². The summed E-state index contributed by atoms with van der Waals surface area (Å²) in [5.41, 5.74) is 3.21. The van der Waals surface area contributed by atoms with Gasteiger partial charge < -0.3 is 9.64 Å². The molecule has 0 atom stereocenters. The van der Waals surface area contributed by atoms with Crippen LogP contribution < -0.4 is 9.46 Å². The molecule has 0 saturated carbocycles. The molecule has 4 aromatic carbocycles. The number of hydrogen-bond donors (Lipinski definition) is 1. The lowest BCUT2D eigenvalue weighted by Gasteiger charge is -2.16. The fourth-order valence-electron chi connectivity index (χ4n) is 3.74. The molecule has 0 aliphatic rings. The van der Waals surface area contributed by atoms with Crippen LogP contribution in [0, 0.1) is 0 Å². The molecule has 0 unspecified atom stereocenters. The zero-order valence-corrected chi connectivity index (χ0v) is 23.3. The molecule has 0 saturated heterocycles.